The average molecular weight is 353 g/mol. The lowest BCUT2D eigenvalue weighted by atomic mass is 10.2. The molecule has 0 bridgehead atoms. The van der Waals surface area contributed by atoms with Crippen molar-refractivity contribution in [3.63, 3.8) is 0 Å². The molecule has 0 unspecified atom stereocenters. The Bertz CT molecular complexity index is 555. The van der Waals surface area contributed by atoms with Crippen molar-refractivity contribution in [1.29, 1.82) is 0 Å². The van der Waals surface area contributed by atoms with E-state index in [1.807, 2.05) is 0 Å². The maximum absolute atomic E-state index is 12.9. The molecule has 20 heavy (non-hydrogen) atoms. The molecule has 0 radical (unpaired) electrons. The summed E-state index contributed by atoms with van der Waals surface area (Å²) in [6.45, 7) is -2.04. The Labute approximate surface area is 125 Å². The van der Waals surface area contributed by atoms with Gasteiger partial charge in [-0.2, -0.15) is 0 Å². The highest BCUT2D eigenvalue weighted by atomic mass is 35.5. The van der Waals surface area contributed by atoms with Gasteiger partial charge in [-0.25, -0.2) is 26.3 Å². The third-order valence-electron chi connectivity index (χ3n) is 2.19. The molecule has 0 spiro atoms. The van der Waals surface area contributed by atoms with Gasteiger partial charge in [0.2, 0.25) is 10.0 Å². The number of rotatable bonds is 6. The highest BCUT2D eigenvalue weighted by Crippen LogP contribution is 2.17. The van der Waals surface area contributed by atoms with Gasteiger partial charge in [0.15, 0.2) is 0 Å². The van der Waals surface area contributed by atoms with Gasteiger partial charge in [0.25, 0.3) is 5.92 Å². The lowest BCUT2D eigenvalue weighted by molar-refractivity contribution is 0.0170. The number of halogens is 5. The lowest BCUT2D eigenvalue weighted by Crippen LogP contribution is -2.41. The van der Waals surface area contributed by atoms with Crippen molar-refractivity contribution in [2.24, 2.45) is 5.73 Å². The van der Waals surface area contributed by atoms with Gasteiger partial charge in [-0.05, 0) is 17.7 Å². The van der Waals surface area contributed by atoms with Crippen molar-refractivity contribution in [1.82, 2.24) is 4.72 Å². The highest BCUT2D eigenvalue weighted by molar-refractivity contribution is 7.88. The zero-order valence-electron chi connectivity index (χ0n) is 10.1. The van der Waals surface area contributed by atoms with E-state index < -0.39 is 40.6 Å². The van der Waals surface area contributed by atoms with Crippen molar-refractivity contribution in [3.05, 3.63) is 34.6 Å². The molecule has 0 saturated carbocycles. The van der Waals surface area contributed by atoms with Crippen molar-refractivity contribution < 1.29 is 21.6 Å². The SMILES string of the molecule is Cl.NCC(F)(F)CNS(=O)(=O)Cc1ccc(F)c(Cl)c1. The van der Waals surface area contributed by atoms with E-state index in [4.69, 9.17) is 17.3 Å². The predicted octanol–water partition coefficient (Wildman–Crippen LogP) is 1.91. The van der Waals surface area contributed by atoms with Crippen molar-refractivity contribution in [2.75, 3.05) is 13.1 Å². The quantitative estimate of drug-likeness (QED) is 0.821. The molecule has 0 amide bonds. The molecule has 116 valence electrons. The van der Waals surface area contributed by atoms with E-state index in [2.05, 4.69) is 0 Å². The van der Waals surface area contributed by atoms with Crippen LogP contribution in [0.1, 0.15) is 5.56 Å². The van der Waals surface area contributed by atoms with Crippen molar-refractivity contribution in [2.45, 2.75) is 11.7 Å². The highest BCUT2D eigenvalue weighted by Gasteiger charge is 2.28. The Morgan fingerprint density at radius 3 is 2.45 bits per heavy atom. The Morgan fingerprint density at radius 1 is 1.35 bits per heavy atom. The first-order valence-electron chi connectivity index (χ1n) is 5.14. The zero-order chi connectivity index (χ0) is 14.7. The van der Waals surface area contributed by atoms with E-state index in [1.54, 1.807) is 4.72 Å². The summed E-state index contributed by atoms with van der Waals surface area (Å²) in [5, 5.41) is -0.236. The summed E-state index contributed by atoms with van der Waals surface area (Å²) >= 11 is 5.49. The number of hydrogen-bond acceptors (Lipinski definition) is 3. The molecule has 1 aromatic carbocycles. The Balaban J connectivity index is 0.00000361. The fourth-order valence-corrected chi connectivity index (χ4v) is 2.54. The lowest BCUT2D eigenvalue weighted by Gasteiger charge is -2.14. The van der Waals surface area contributed by atoms with Crippen LogP contribution in [-0.4, -0.2) is 27.4 Å². The summed E-state index contributed by atoms with van der Waals surface area (Å²) in [4.78, 5) is 0. The van der Waals surface area contributed by atoms with Crippen LogP contribution in [-0.2, 0) is 15.8 Å². The third-order valence-corrected chi connectivity index (χ3v) is 3.78. The van der Waals surface area contributed by atoms with Gasteiger partial charge in [-0.15, -0.1) is 12.4 Å². The molecule has 0 aromatic heterocycles. The van der Waals surface area contributed by atoms with Crippen LogP contribution in [0.5, 0.6) is 0 Å². The predicted molar refractivity (Wildman–Crippen MR) is 73.3 cm³/mol. The summed E-state index contributed by atoms with van der Waals surface area (Å²) < 4.78 is 63.3. The first-order valence-corrected chi connectivity index (χ1v) is 7.17. The van der Waals surface area contributed by atoms with Crippen molar-refractivity contribution >= 4 is 34.0 Å². The first-order chi connectivity index (χ1) is 8.65. The summed E-state index contributed by atoms with van der Waals surface area (Å²) in [7, 11) is -3.97. The van der Waals surface area contributed by atoms with Gasteiger partial charge >= 0.3 is 0 Å². The molecule has 10 heteroatoms. The molecule has 0 saturated heterocycles. The van der Waals surface area contributed by atoms with E-state index in [9.17, 15) is 21.6 Å². The van der Waals surface area contributed by atoms with E-state index in [0.717, 1.165) is 12.1 Å². The van der Waals surface area contributed by atoms with Crippen LogP contribution in [0.15, 0.2) is 18.2 Å². The van der Waals surface area contributed by atoms with Gasteiger partial charge in [0, 0.05) is 0 Å². The average Bonchev–Trinajstić information content (AvgIpc) is 2.32. The zero-order valence-corrected chi connectivity index (χ0v) is 12.5. The van der Waals surface area contributed by atoms with E-state index in [0.29, 0.717) is 0 Å². The normalized spacial score (nSPS) is 12.1. The Morgan fingerprint density at radius 2 is 1.95 bits per heavy atom. The fourth-order valence-electron chi connectivity index (χ4n) is 1.19. The number of sulfonamides is 1. The standard InChI is InChI=1S/C10H12ClF3N2O2S.ClH/c11-8-3-7(1-2-9(8)12)4-19(17,18)16-6-10(13,14)5-15;/h1-3,16H,4-6,15H2;1H. The monoisotopic (exact) mass is 352 g/mol. The minimum atomic E-state index is -3.97. The maximum Gasteiger partial charge on any atom is 0.273 e. The molecule has 0 aliphatic carbocycles. The minimum Gasteiger partial charge on any atom is -0.325 e. The van der Waals surface area contributed by atoms with Gasteiger partial charge in [0.1, 0.15) is 5.82 Å². The van der Waals surface area contributed by atoms with Crippen LogP contribution in [0, 0.1) is 5.82 Å². The third kappa shape index (κ3) is 6.27. The number of nitrogens with one attached hydrogen (secondary N) is 1. The molecule has 0 atom stereocenters. The maximum atomic E-state index is 12.9. The van der Waals surface area contributed by atoms with Crippen LogP contribution in [0.25, 0.3) is 0 Å². The minimum absolute atomic E-state index is 0. The van der Waals surface area contributed by atoms with E-state index >= 15 is 0 Å². The second-order valence-electron chi connectivity index (χ2n) is 3.89. The molecule has 3 N–H and O–H groups in total. The number of hydrogen-bond donors (Lipinski definition) is 2. The Kier molecular flexibility index (Phi) is 7.26. The second-order valence-corrected chi connectivity index (χ2v) is 6.10. The smallest absolute Gasteiger partial charge is 0.273 e. The van der Waals surface area contributed by atoms with Gasteiger partial charge in [-0.3, -0.25) is 0 Å². The summed E-state index contributed by atoms with van der Waals surface area (Å²) in [5.41, 5.74) is 4.97. The molecule has 0 aliphatic rings. The number of nitrogens with two attached hydrogens (primary N) is 1. The van der Waals surface area contributed by atoms with Crippen molar-refractivity contribution in [3.8, 4) is 0 Å². The topological polar surface area (TPSA) is 72.2 Å². The van der Waals surface area contributed by atoms with E-state index in [1.165, 1.54) is 6.07 Å². The van der Waals surface area contributed by atoms with Crippen LogP contribution in [0.4, 0.5) is 13.2 Å². The summed E-state index contributed by atoms with van der Waals surface area (Å²) in [5.74, 6) is -4.58. The van der Waals surface area contributed by atoms with E-state index in [-0.39, 0.29) is 23.0 Å². The molecule has 4 nitrogen and oxygen atoms in total. The number of alkyl halides is 2. The molecule has 0 fully saturated rings. The molecule has 0 heterocycles. The van der Waals surface area contributed by atoms with Crippen LogP contribution >= 0.6 is 24.0 Å². The first kappa shape index (κ1) is 19.5. The van der Waals surface area contributed by atoms with Crippen LogP contribution in [0.3, 0.4) is 0 Å². The van der Waals surface area contributed by atoms with Gasteiger partial charge in [0.05, 0.1) is 23.9 Å². The van der Waals surface area contributed by atoms with Gasteiger partial charge < -0.3 is 5.73 Å². The summed E-state index contributed by atoms with van der Waals surface area (Å²) in [6, 6.07) is 3.33. The van der Waals surface area contributed by atoms with Gasteiger partial charge in [-0.1, -0.05) is 17.7 Å². The molecular weight excluding hydrogens is 340 g/mol. The number of benzene rings is 1. The molecular formula is C10H13Cl2F3N2O2S. The second kappa shape index (κ2) is 7.46. The van der Waals surface area contributed by atoms with Crippen LogP contribution < -0.4 is 10.5 Å². The Hall–Kier alpha value is -0.540. The molecule has 1 aromatic rings. The summed E-state index contributed by atoms with van der Waals surface area (Å²) in [6.07, 6.45) is 0. The van der Waals surface area contributed by atoms with Crippen LogP contribution in [0.2, 0.25) is 5.02 Å². The largest absolute Gasteiger partial charge is 0.325 e. The fraction of sp³-hybridized carbons (Fsp3) is 0.400. The molecule has 0 aliphatic heterocycles. The molecule has 1 rings (SSSR count).